The molecule has 0 spiro atoms. The number of fused-ring (bicyclic) bond motifs is 2. The number of methoxy groups -OCH3 is 1. The van der Waals surface area contributed by atoms with Crippen LogP contribution in [-0.4, -0.2) is 63.1 Å². The SMILES string of the molecule is CC[C@H](C)[C@H](NC(=O)OC)C(=O)N1CCC[C@H]1c1ncc(C2=Cc3ccc(-c4ccc5nc([C@@H]6CCCN6)[nH]c5c4)cc3CC2)[nH]1. The number of imidazole rings is 2. The number of hydrogen-bond donors (Lipinski definition) is 4. The van der Waals surface area contributed by atoms with E-state index >= 15 is 0 Å². The molecule has 0 radical (unpaired) electrons. The molecule has 4 atom stereocenters. The first kappa shape index (κ1) is 30.2. The fourth-order valence-electron chi connectivity index (χ4n) is 7.21. The van der Waals surface area contributed by atoms with E-state index in [4.69, 9.17) is 14.7 Å². The zero-order chi connectivity index (χ0) is 31.8. The highest BCUT2D eigenvalue weighted by Crippen LogP contribution is 2.36. The van der Waals surface area contributed by atoms with Crippen molar-refractivity contribution in [2.45, 2.75) is 76.9 Å². The van der Waals surface area contributed by atoms with Gasteiger partial charge in [-0.3, -0.25) is 4.79 Å². The van der Waals surface area contributed by atoms with Gasteiger partial charge in [-0.1, -0.05) is 44.5 Å². The number of nitrogens with one attached hydrogen (secondary N) is 4. The zero-order valence-corrected chi connectivity index (χ0v) is 26.9. The van der Waals surface area contributed by atoms with Gasteiger partial charge in [0.2, 0.25) is 5.91 Å². The first-order chi connectivity index (χ1) is 22.4. The van der Waals surface area contributed by atoms with E-state index in [1.807, 2.05) is 24.9 Å². The number of aromatic nitrogens is 4. The molecule has 0 saturated carbocycles. The monoisotopic (exact) mass is 621 g/mol. The van der Waals surface area contributed by atoms with Gasteiger partial charge in [0.1, 0.15) is 17.7 Å². The number of likely N-dealkylation sites (tertiary alicyclic amines) is 1. The lowest BCUT2D eigenvalue weighted by Gasteiger charge is -2.30. The molecule has 10 nitrogen and oxygen atoms in total. The smallest absolute Gasteiger partial charge is 0.407 e. The Labute approximate surface area is 269 Å². The van der Waals surface area contributed by atoms with E-state index in [0.29, 0.717) is 12.6 Å². The molecule has 46 heavy (non-hydrogen) atoms. The summed E-state index contributed by atoms with van der Waals surface area (Å²) in [6.07, 6.45) is 10.2. The maximum atomic E-state index is 13.7. The van der Waals surface area contributed by atoms with Crippen molar-refractivity contribution in [1.29, 1.82) is 0 Å². The summed E-state index contributed by atoms with van der Waals surface area (Å²) >= 11 is 0. The third kappa shape index (κ3) is 5.82. The Hall–Kier alpha value is -4.44. The number of carbonyl (C=O) groups is 2. The van der Waals surface area contributed by atoms with Crippen LogP contribution in [0, 0.1) is 5.92 Å². The van der Waals surface area contributed by atoms with Gasteiger partial charge >= 0.3 is 6.09 Å². The number of alkyl carbamates (subject to hydrolysis) is 1. The molecule has 4 N–H and O–H groups in total. The molecule has 2 aromatic carbocycles. The molecule has 2 aromatic heterocycles. The minimum Gasteiger partial charge on any atom is -0.453 e. The summed E-state index contributed by atoms with van der Waals surface area (Å²) in [5, 5.41) is 6.30. The Balaban J connectivity index is 1.08. The van der Waals surface area contributed by atoms with Crippen LogP contribution < -0.4 is 10.6 Å². The fourth-order valence-corrected chi connectivity index (χ4v) is 7.21. The van der Waals surface area contributed by atoms with Crippen LogP contribution in [0.2, 0.25) is 0 Å². The standard InChI is InChI=1S/C36H43N7O3/c1-4-21(2)32(42-36(45)46-3)35(44)43-16-6-8-31(43)34-38-20-30(41-34)26-12-11-22-17-23(9-10-24(22)18-26)25-13-14-27-29(19-25)40-33(39-27)28-7-5-15-37-28/h9-10,13-14,17-21,28,31-32,37H,4-8,11-12,15-16H2,1-3H3,(H,38,41)(H,39,40)(H,42,45)/t21-,28-,31-,32-/m0/s1. The number of H-pyrrole nitrogens is 2. The molecule has 4 aromatic rings. The molecule has 2 saturated heterocycles. The Morgan fingerprint density at radius 1 is 1.07 bits per heavy atom. The van der Waals surface area contributed by atoms with Gasteiger partial charge < -0.3 is 30.2 Å². The molecular formula is C36H43N7O3. The number of ether oxygens (including phenoxy) is 1. The van der Waals surface area contributed by atoms with Crippen molar-refractivity contribution in [2.75, 3.05) is 20.2 Å². The van der Waals surface area contributed by atoms with Gasteiger partial charge in [-0.15, -0.1) is 0 Å². The topological polar surface area (TPSA) is 128 Å². The Morgan fingerprint density at radius 3 is 2.72 bits per heavy atom. The first-order valence-corrected chi connectivity index (χ1v) is 16.7. The van der Waals surface area contributed by atoms with Crippen LogP contribution >= 0.6 is 0 Å². The lowest BCUT2D eigenvalue weighted by molar-refractivity contribution is -0.135. The second-order valence-corrected chi connectivity index (χ2v) is 13.0. The van der Waals surface area contributed by atoms with Gasteiger partial charge in [-0.05, 0) is 97.0 Å². The number of allylic oxidation sites excluding steroid dienone is 1. The Morgan fingerprint density at radius 2 is 1.91 bits per heavy atom. The normalized spacial score (nSPS) is 20.8. The number of aromatic amines is 2. The molecule has 2 amide bonds. The lowest BCUT2D eigenvalue weighted by Crippen LogP contribution is -2.51. The summed E-state index contributed by atoms with van der Waals surface area (Å²) in [6, 6.07) is 12.8. The highest BCUT2D eigenvalue weighted by Gasteiger charge is 2.38. The molecule has 0 bridgehead atoms. The quantitative estimate of drug-likeness (QED) is 0.183. The van der Waals surface area contributed by atoms with E-state index in [1.54, 1.807) is 0 Å². The fraction of sp³-hybridized carbons (Fsp3) is 0.444. The number of nitrogens with zero attached hydrogens (tertiary/aromatic N) is 3. The van der Waals surface area contributed by atoms with Crippen molar-refractivity contribution in [1.82, 2.24) is 35.5 Å². The number of hydrogen-bond acceptors (Lipinski definition) is 6. The third-order valence-electron chi connectivity index (χ3n) is 10.1. The van der Waals surface area contributed by atoms with Crippen molar-refractivity contribution < 1.29 is 14.3 Å². The summed E-state index contributed by atoms with van der Waals surface area (Å²) in [6.45, 7) is 5.69. The average molecular weight is 622 g/mol. The van der Waals surface area contributed by atoms with Crippen LogP contribution in [0.4, 0.5) is 4.79 Å². The second kappa shape index (κ2) is 12.7. The van der Waals surface area contributed by atoms with Crippen LogP contribution in [0.3, 0.4) is 0 Å². The molecule has 10 heteroatoms. The van der Waals surface area contributed by atoms with Gasteiger partial charge in [0.25, 0.3) is 0 Å². The number of benzene rings is 2. The Kier molecular flexibility index (Phi) is 8.38. The van der Waals surface area contributed by atoms with Crippen LogP contribution in [0.1, 0.15) is 92.9 Å². The molecule has 7 rings (SSSR count). The van der Waals surface area contributed by atoms with E-state index < -0.39 is 12.1 Å². The molecule has 0 unspecified atom stereocenters. The molecule has 3 aliphatic rings. The van der Waals surface area contributed by atoms with E-state index in [-0.39, 0.29) is 17.9 Å². The first-order valence-electron chi connectivity index (χ1n) is 16.7. The lowest BCUT2D eigenvalue weighted by atomic mass is 9.88. The minimum absolute atomic E-state index is 0.0200. The predicted octanol–water partition coefficient (Wildman–Crippen LogP) is 6.30. The molecule has 240 valence electrons. The molecule has 2 fully saturated rings. The van der Waals surface area contributed by atoms with Crippen molar-refractivity contribution in [3.63, 3.8) is 0 Å². The molecule has 2 aliphatic heterocycles. The van der Waals surface area contributed by atoms with Crippen molar-refractivity contribution in [3.05, 3.63) is 71.1 Å². The van der Waals surface area contributed by atoms with E-state index in [2.05, 4.69) is 63.1 Å². The van der Waals surface area contributed by atoms with E-state index in [9.17, 15) is 9.59 Å². The highest BCUT2D eigenvalue weighted by molar-refractivity contribution is 5.87. The van der Waals surface area contributed by atoms with Crippen LogP contribution in [0.5, 0.6) is 0 Å². The number of rotatable bonds is 8. The summed E-state index contributed by atoms with van der Waals surface area (Å²) in [7, 11) is 1.32. The maximum absolute atomic E-state index is 13.7. The van der Waals surface area contributed by atoms with Crippen LogP contribution in [-0.2, 0) is 16.0 Å². The second-order valence-electron chi connectivity index (χ2n) is 13.0. The van der Waals surface area contributed by atoms with Crippen LogP contribution in [0.25, 0.3) is 33.8 Å². The van der Waals surface area contributed by atoms with Gasteiger partial charge in [0, 0.05) is 6.54 Å². The molecule has 1 aliphatic carbocycles. The summed E-state index contributed by atoms with van der Waals surface area (Å²) < 4.78 is 4.81. The predicted molar refractivity (Wildman–Crippen MR) is 179 cm³/mol. The number of carbonyl (C=O) groups excluding carboxylic acids is 2. The van der Waals surface area contributed by atoms with E-state index in [0.717, 1.165) is 73.4 Å². The van der Waals surface area contributed by atoms with Crippen molar-refractivity contribution in [2.24, 2.45) is 5.92 Å². The average Bonchev–Trinajstić information content (AvgIpc) is 3.91. The van der Waals surface area contributed by atoms with Crippen molar-refractivity contribution >= 4 is 34.7 Å². The van der Waals surface area contributed by atoms with E-state index in [1.165, 1.54) is 41.4 Å². The zero-order valence-electron chi connectivity index (χ0n) is 26.9. The number of amides is 2. The van der Waals surface area contributed by atoms with Gasteiger partial charge in [-0.25, -0.2) is 14.8 Å². The summed E-state index contributed by atoms with van der Waals surface area (Å²) in [4.78, 5) is 44.3. The molecular weight excluding hydrogens is 578 g/mol. The highest BCUT2D eigenvalue weighted by atomic mass is 16.5. The summed E-state index contributed by atoms with van der Waals surface area (Å²) in [5.74, 6) is 1.73. The third-order valence-corrected chi connectivity index (χ3v) is 10.1. The van der Waals surface area contributed by atoms with Gasteiger partial charge in [0.05, 0.1) is 42.1 Å². The largest absolute Gasteiger partial charge is 0.453 e. The minimum atomic E-state index is -0.636. The van der Waals surface area contributed by atoms with Gasteiger partial charge in [-0.2, -0.15) is 0 Å². The maximum Gasteiger partial charge on any atom is 0.407 e. The molecule has 4 heterocycles. The number of aryl methyl sites for hydroxylation is 1. The van der Waals surface area contributed by atoms with Crippen molar-refractivity contribution in [3.8, 4) is 11.1 Å². The Bertz CT molecular complexity index is 1780. The van der Waals surface area contributed by atoms with Crippen LogP contribution in [0.15, 0.2) is 42.6 Å². The van der Waals surface area contributed by atoms with Gasteiger partial charge in [0.15, 0.2) is 0 Å². The summed E-state index contributed by atoms with van der Waals surface area (Å²) in [5.41, 5.74) is 9.25.